The second-order valence-corrected chi connectivity index (χ2v) is 3.08. The maximum absolute atomic E-state index is 12.8. The maximum Gasteiger partial charge on any atom is 0.407 e. The second-order valence-electron chi connectivity index (χ2n) is 3.08. The number of aryl methyl sites for hydroxylation is 1. The molecule has 0 saturated carbocycles. The SMILES string of the molecule is Cc1cc(F)cc(C(N)C(F)(F)F)c1. The van der Waals surface area contributed by atoms with E-state index in [9.17, 15) is 17.6 Å². The third-order valence-electron chi connectivity index (χ3n) is 1.78. The molecule has 1 aromatic carbocycles. The number of hydrogen-bond donors (Lipinski definition) is 1. The second kappa shape index (κ2) is 3.57. The average molecular weight is 207 g/mol. The van der Waals surface area contributed by atoms with Crippen LogP contribution in [0.2, 0.25) is 0 Å². The Hall–Kier alpha value is -1.10. The standard InChI is InChI=1S/C9H9F4N/c1-5-2-6(4-7(10)3-5)8(14)9(11,12)13/h2-4,8H,14H2,1H3. The summed E-state index contributed by atoms with van der Waals surface area (Å²) in [5.41, 5.74) is 5.08. The zero-order valence-corrected chi connectivity index (χ0v) is 7.40. The third kappa shape index (κ3) is 2.45. The molecule has 0 saturated heterocycles. The van der Waals surface area contributed by atoms with Crippen LogP contribution in [0.1, 0.15) is 17.2 Å². The molecule has 5 heteroatoms. The van der Waals surface area contributed by atoms with Crippen LogP contribution in [0.3, 0.4) is 0 Å². The molecular formula is C9H9F4N. The first kappa shape index (κ1) is 11.0. The van der Waals surface area contributed by atoms with Gasteiger partial charge in [-0.3, -0.25) is 0 Å². The third-order valence-corrected chi connectivity index (χ3v) is 1.78. The summed E-state index contributed by atoms with van der Waals surface area (Å²) in [7, 11) is 0. The van der Waals surface area contributed by atoms with Crippen molar-refractivity contribution in [2.45, 2.75) is 19.1 Å². The molecule has 0 fully saturated rings. The van der Waals surface area contributed by atoms with Crippen LogP contribution in [-0.4, -0.2) is 6.18 Å². The molecular weight excluding hydrogens is 198 g/mol. The predicted octanol–water partition coefficient (Wildman–Crippen LogP) is 2.70. The van der Waals surface area contributed by atoms with Crippen molar-refractivity contribution in [2.24, 2.45) is 5.73 Å². The van der Waals surface area contributed by atoms with Crippen LogP contribution in [-0.2, 0) is 0 Å². The van der Waals surface area contributed by atoms with Gasteiger partial charge in [-0.05, 0) is 30.2 Å². The Bertz CT molecular complexity index is 312. The molecule has 1 unspecified atom stereocenters. The summed E-state index contributed by atoms with van der Waals surface area (Å²) in [5, 5.41) is 0. The van der Waals surface area contributed by atoms with Crippen LogP contribution in [0, 0.1) is 12.7 Å². The molecule has 0 heterocycles. The fourth-order valence-electron chi connectivity index (χ4n) is 1.13. The first-order chi connectivity index (χ1) is 6.30. The molecule has 1 aromatic rings. The quantitative estimate of drug-likeness (QED) is 0.704. The van der Waals surface area contributed by atoms with Gasteiger partial charge in [-0.25, -0.2) is 4.39 Å². The lowest BCUT2D eigenvalue weighted by Gasteiger charge is -2.16. The summed E-state index contributed by atoms with van der Waals surface area (Å²) in [6.45, 7) is 1.51. The number of nitrogens with two attached hydrogens (primary N) is 1. The molecule has 0 bridgehead atoms. The van der Waals surface area contributed by atoms with E-state index in [-0.39, 0.29) is 5.56 Å². The van der Waals surface area contributed by atoms with Gasteiger partial charge in [0, 0.05) is 0 Å². The van der Waals surface area contributed by atoms with Crippen LogP contribution in [0.25, 0.3) is 0 Å². The van der Waals surface area contributed by atoms with Crippen LogP contribution < -0.4 is 5.73 Å². The lowest BCUT2D eigenvalue weighted by atomic mass is 10.0. The normalized spacial score (nSPS) is 14.1. The van der Waals surface area contributed by atoms with E-state index in [4.69, 9.17) is 5.73 Å². The van der Waals surface area contributed by atoms with Crippen molar-refractivity contribution >= 4 is 0 Å². The topological polar surface area (TPSA) is 26.0 Å². The number of hydrogen-bond acceptors (Lipinski definition) is 1. The van der Waals surface area contributed by atoms with Gasteiger partial charge in [0.05, 0.1) is 0 Å². The Balaban J connectivity index is 3.07. The fraction of sp³-hybridized carbons (Fsp3) is 0.333. The summed E-state index contributed by atoms with van der Waals surface area (Å²) in [4.78, 5) is 0. The van der Waals surface area contributed by atoms with Crippen molar-refractivity contribution in [3.63, 3.8) is 0 Å². The monoisotopic (exact) mass is 207 g/mol. The molecule has 1 atom stereocenters. The minimum atomic E-state index is -4.54. The van der Waals surface area contributed by atoms with Gasteiger partial charge < -0.3 is 5.73 Å². The van der Waals surface area contributed by atoms with E-state index in [2.05, 4.69) is 0 Å². The fourth-order valence-corrected chi connectivity index (χ4v) is 1.13. The molecule has 0 aromatic heterocycles. The van der Waals surface area contributed by atoms with Gasteiger partial charge in [-0.15, -0.1) is 0 Å². The first-order valence-corrected chi connectivity index (χ1v) is 3.90. The summed E-state index contributed by atoms with van der Waals surface area (Å²) in [6, 6.07) is 1.04. The van der Waals surface area contributed by atoms with Crippen molar-refractivity contribution in [3.8, 4) is 0 Å². The molecule has 0 amide bonds. The van der Waals surface area contributed by atoms with E-state index < -0.39 is 18.0 Å². The highest BCUT2D eigenvalue weighted by Crippen LogP contribution is 2.30. The number of halogens is 4. The van der Waals surface area contributed by atoms with E-state index in [0.29, 0.717) is 5.56 Å². The Morgan fingerprint density at radius 3 is 2.21 bits per heavy atom. The van der Waals surface area contributed by atoms with E-state index in [1.54, 1.807) is 0 Å². The van der Waals surface area contributed by atoms with Crippen molar-refractivity contribution < 1.29 is 17.6 Å². The molecule has 0 aliphatic carbocycles. The highest BCUT2D eigenvalue weighted by atomic mass is 19.4. The Morgan fingerprint density at radius 2 is 1.79 bits per heavy atom. The zero-order valence-electron chi connectivity index (χ0n) is 7.40. The highest BCUT2D eigenvalue weighted by molar-refractivity contribution is 5.26. The van der Waals surface area contributed by atoms with Gasteiger partial charge in [-0.1, -0.05) is 6.07 Å². The van der Waals surface area contributed by atoms with Gasteiger partial charge in [0.15, 0.2) is 0 Å². The van der Waals surface area contributed by atoms with Gasteiger partial charge in [-0.2, -0.15) is 13.2 Å². The molecule has 14 heavy (non-hydrogen) atoms. The van der Waals surface area contributed by atoms with E-state index in [0.717, 1.165) is 12.1 Å². The largest absolute Gasteiger partial charge is 0.407 e. The van der Waals surface area contributed by atoms with Crippen LogP contribution in [0.15, 0.2) is 18.2 Å². The van der Waals surface area contributed by atoms with Gasteiger partial charge in [0.2, 0.25) is 0 Å². The van der Waals surface area contributed by atoms with E-state index in [1.165, 1.54) is 13.0 Å². The molecule has 0 spiro atoms. The lowest BCUT2D eigenvalue weighted by molar-refractivity contribution is -0.149. The number of alkyl halides is 3. The molecule has 78 valence electrons. The summed E-state index contributed by atoms with van der Waals surface area (Å²) < 4.78 is 49.2. The number of benzene rings is 1. The number of rotatable bonds is 1. The lowest BCUT2D eigenvalue weighted by Crippen LogP contribution is -2.28. The Labute approximate surface area is 78.5 Å². The molecule has 1 rings (SSSR count). The summed E-state index contributed by atoms with van der Waals surface area (Å²) in [5.74, 6) is -0.709. The predicted molar refractivity (Wildman–Crippen MR) is 44.1 cm³/mol. The maximum atomic E-state index is 12.8. The summed E-state index contributed by atoms with van der Waals surface area (Å²) in [6.07, 6.45) is -4.54. The highest BCUT2D eigenvalue weighted by Gasteiger charge is 2.37. The van der Waals surface area contributed by atoms with Crippen molar-refractivity contribution in [1.82, 2.24) is 0 Å². The Kier molecular flexibility index (Phi) is 2.80. The Morgan fingerprint density at radius 1 is 1.21 bits per heavy atom. The van der Waals surface area contributed by atoms with Crippen LogP contribution in [0.4, 0.5) is 17.6 Å². The summed E-state index contributed by atoms with van der Waals surface area (Å²) >= 11 is 0. The van der Waals surface area contributed by atoms with Gasteiger partial charge >= 0.3 is 6.18 Å². The van der Waals surface area contributed by atoms with Crippen molar-refractivity contribution in [1.29, 1.82) is 0 Å². The van der Waals surface area contributed by atoms with Gasteiger partial charge in [0.25, 0.3) is 0 Å². The molecule has 2 N–H and O–H groups in total. The van der Waals surface area contributed by atoms with Crippen molar-refractivity contribution in [3.05, 3.63) is 35.1 Å². The smallest absolute Gasteiger partial charge is 0.316 e. The minimum Gasteiger partial charge on any atom is -0.316 e. The van der Waals surface area contributed by atoms with Gasteiger partial charge in [0.1, 0.15) is 11.9 Å². The average Bonchev–Trinajstić information content (AvgIpc) is 1.99. The van der Waals surface area contributed by atoms with E-state index >= 15 is 0 Å². The zero-order chi connectivity index (χ0) is 10.9. The van der Waals surface area contributed by atoms with Crippen LogP contribution >= 0.6 is 0 Å². The molecule has 1 nitrogen and oxygen atoms in total. The van der Waals surface area contributed by atoms with Crippen molar-refractivity contribution in [2.75, 3.05) is 0 Å². The minimum absolute atomic E-state index is 0.255. The molecule has 0 aliphatic rings. The molecule has 0 radical (unpaired) electrons. The first-order valence-electron chi connectivity index (χ1n) is 3.90. The molecule has 0 aliphatic heterocycles. The van der Waals surface area contributed by atoms with Crippen LogP contribution in [0.5, 0.6) is 0 Å². The van der Waals surface area contributed by atoms with E-state index in [1.807, 2.05) is 0 Å².